The second-order valence-electron chi connectivity index (χ2n) is 7.72. The molecule has 0 aliphatic carbocycles. The molecule has 0 radical (unpaired) electrons. The van der Waals surface area contributed by atoms with Gasteiger partial charge in [-0.25, -0.2) is 9.50 Å². The van der Waals surface area contributed by atoms with E-state index in [4.69, 9.17) is 11.6 Å². The summed E-state index contributed by atoms with van der Waals surface area (Å²) in [6.07, 6.45) is 6.46. The lowest BCUT2D eigenvalue weighted by Crippen LogP contribution is -2.48. The van der Waals surface area contributed by atoms with Crippen molar-refractivity contribution in [3.05, 3.63) is 63.0 Å². The Morgan fingerprint density at radius 1 is 1.14 bits per heavy atom. The summed E-state index contributed by atoms with van der Waals surface area (Å²) in [5.41, 5.74) is 3.69. The molecule has 1 fully saturated rings. The monoisotopic (exact) mass is 473 g/mol. The highest BCUT2D eigenvalue weighted by Crippen LogP contribution is 2.27. The van der Waals surface area contributed by atoms with Gasteiger partial charge in [0, 0.05) is 44.6 Å². The van der Waals surface area contributed by atoms with Crippen LogP contribution in [-0.4, -0.2) is 56.0 Å². The summed E-state index contributed by atoms with van der Waals surface area (Å²) < 4.78 is 2.34. The molecule has 4 heterocycles. The third kappa shape index (κ3) is 3.56. The number of hydrogen-bond acceptors (Lipinski definition) is 4. The maximum Gasteiger partial charge on any atom is 0.276 e. The molecule has 1 amide bonds. The number of halogens is 2. The molecular weight excluding hydrogens is 454 g/mol. The third-order valence-electron chi connectivity index (χ3n) is 6.02. The van der Waals surface area contributed by atoms with E-state index in [1.165, 1.54) is 11.1 Å². The predicted molar refractivity (Wildman–Crippen MR) is 115 cm³/mol. The normalized spacial score (nSPS) is 18.2. The van der Waals surface area contributed by atoms with Crippen LogP contribution in [0.5, 0.6) is 0 Å². The van der Waals surface area contributed by atoms with Gasteiger partial charge in [-0.05, 0) is 46.3 Å². The minimum Gasteiger partial charge on any atom is -0.337 e. The Balaban J connectivity index is 1.26. The number of aromatic nitrogens is 3. The van der Waals surface area contributed by atoms with Gasteiger partial charge in [-0.2, -0.15) is 5.10 Å². The van der Waals surface area contributed by atoms with E-state index >= 15 is 0 Å². The lowest BCUT2D eigenvalue weighted by Gasteiger charge is -2.40. The van der Waals surface area contributed by atoms with Crippen molar-refractivity contribution in [2.45, 2.75) is 31.8 Å². The maximum absolute atomic E-state index is 13.0. The van der Waals surface area contributed by atoms with E-state index < -0.39 is 0 Å². The van der Waals surface area contributed by atoms with Crippen LogP contribution in [0.3, 0.4) is 0 Å². The first-order chi connectivity index (χ1) is 14.1. The molecule has 2 aromatic heterocycles. The number of hydrogen-bond donors (Lipinski definition) is 0. The molecule has 0 N–H and O–H groups in total. The second-order valence-corrected chi connectivity index (χ2v) is 9.01. The van der Waals surface area contributed by atoms with E-state index in [0.717, 1.165) is 49.9 Å². The predicted octanol–water partition coefficient (Wildman–Crippen LogP) is 3.81. The Bertz CT molecular complexity index is 1080. The highest BCUT2D eigenvalue weighted by molar-refractivity contribution is 9.10. The van der Waals surface area contributed by atoms with Gasteiger partial charge in [-0.15, -0.1) is 0 Å². The van der Waals surface area contributed by atoms with Crippen LogP contribution in [0.15, 0.2) is 41.1 Å². The molecule has 6 nitrogen and oxygen atoms in total. The molecule has 0 unspecified atom stereocenters. The zero-order valence-corrected chi connectivity index (χ0v) is 18.2. The summed E-state index contributed by atoms with van der Waals surface area (Å²) in [6, 6.07) is 9.23. The average molecular weight is 475 g/mol. The van der Waals surface area contributed by atoms with Gasteiger partial charge in [-0.3, -0.25) is 9.69 Å². The summed E-state index contributed by atoms with van der Waals surface area (Å²) in [4.78, 5) is 21.7. The minimum atomic E-state index is -0.112. The van der Waals surface area contributed by atoms with Gasteiger partial charge < -0.3 is 4.90 Å². The van der Waals surface area contributed by atoms with E-state index in [-0.39, 0.29) is 11.6 Å². The average Bonchev–Trinajstić information content (AvgIpc) is 3.08. The highest BCUT2D eigenvalue weighted by atomic mass is 79.9. The SMILES string of the molecule is O=C(c1nn2cc(Br)cnc2c1Cl)N1CCC(N2CCc3ccccc3C2)CC1. The summed E-state index contributed by atoms with van der Waals surface area (Å²) in [5.74, 6) is -0.112. The topological polar surface area (TPSA) is 53.7 Å². The first-order valence-electron chi connectivity index (χ1n) is 9.89. The fourth-order valence-corrected chi connectivity index (χ4v) is 4.98. The maximum atomic E-state index is 13.0. The van der Waals surface area contributed by atoms with Gasteiger partial charge in [-0.1, -0.05) is 35.9 Å². The molecule has 1 saturated heterocycles. The van der Waals surface area contributed by atoms with Crippen molar-refractivity contribution in [2.24, 2.45) is 0 Å². The Labute approximate surface area is 182 Å². The molecule has 2 aliphatic heterocycles. The number of fused-ring (bicyclic) bond motifs is 2. The first-order valence-corrected chi connectivity index (χ1v) is 11.1. The molecule has 2 aliphatic rings. The summed E-state index contributed by atoms with van der Waals surface area (Å²) in [7, 11) is 0. The van der Waals surface area contributed by atoms with Crippen molar-refractivity contribution in [3.63, 3.8) is 0 Å². The van der Waals surface area contributed by atoms with Gasteiger partial charge in [0.25, 0.3) is 5.91 Å². The Hall–Kier alpha value is -1.96. The van der Waals surface area contributed by atoms with Crippen molar-refractivity contribution >= 4 is 39.1 Å². The van der Waals surface area contributed by atoms with Crippen LogP contribution in [0.2, 0.25) is 5.02 Å². The largest absolute Gasteiger partial charge is 0.337 e. The lowest BCUT2D eigenvalue weighted by atomic mass is 9.95. The zero-order valence-electron chi connectivity index (χ0n) is 15.9. The molecule has 0 saturated carbocycles. The molecule has 29 heavy (non-hydrogen) atoms. The van der Waals surface area contributed by atoms with Gasteiger partial charge in [0.15, 0.2) is 11.3 Å². The number of likely N-dealkylation sites (tertiary alicyclic amines) is 1. The van der Waals surface area contributed by atoms with Crippen LogP contribution in [-0.2, 0) is 13.0 Å². The number of rotatable bonds is 2. The fraction of sp³-hybridized carbons (Fsp3) is 0.381. The van der Waals surface area contributed by atoms with Crippen LogP contribution in [0.1, 0.15) is 34.5 Å². The lowest BCUT2D eigenvalue weighted by molar-refractivity contribution is 0.0594. The fourth-order valence-electron chi connectivity index (χ4n) is 4.43. The molecule has 150 valence electrons. The van der Waals surface area contributed by atoms with Crippen LogP contribution >= 0.6 is 27.5 Å². The standard InChI is InChI=1S/C21H21BrClN5O/c22-16-11-24-20-18(23)19(25-28(20)13-16)21(29)26-9-6-17(7-10-26)27-8-5-14-3-1-2-4-15(14)12-27/h1-4,11,13,17H,5-10,12H2. The van der Waals surface area contributed by atoms with Gasteiger partial charge >= 0.3 is 0 Å². The molecule has 0 bridgehead atoms. The van der Waals surface area contributed by atoms with Crippen LogP contribution in [0, 0.1) is 0 Å². The minimum absolute atomic E-state index is 0.112. The Morgan fingerprint density at radius 2 is 1.90 bits per heavy atom. The van der Waals surface area contributed by atoms with Crippen LogP contribution in [0.4, 0.5) is 0 Å². The number of piperidine rings is 1. The van der Waals surface area contributed by atoms with Crippen molar-refractivity contribution in [1.29, 1.82) is 0 Å². The van der Waals surface area contributed by atoms with E-state index in [1.807, 2.05) is 4.90 Å². The molecular formula is C21H21BrClN5O. The van der Waals surface area contributed by atoms with Gasteiger partial charge in [0.1, 0.15) is 5.02 Å². The molecule has 0 spiro atoms. The third-order valence-corrected chi connectivity index (χ3v) is 6.77. The van der Waals surface area contributed by atoms with Crippen molar-refractivity contribution in [3.8, 4) is 0 Å². The summed E-state index contributed by atoms with van der Waals surface area (Å²) in [6.45, 7) is 3.55. The van der Waals surface area contributed by atoms with Gasteiger partial charge in [0.2, 0.25) is 0 Å². The van der Waals surface area contributed by atoms with E-state index in [2.05, 4.69) is 55.2 Å². The van der Waals surface area contributed by atoms with E-state index in [0.29, 0.717) is 16.7 Å². The Kier molecular flexibility index (Phi) is 5.05. The summed E-state index contributed by atoms with van der Waals surface area (Å²) in [5, 5.41) is 4.69. The highest BCUT2D eigenvalue weighted by Gasteiger charge is 2.31. The molecule has 8 heteroatoms. The number of benzene rings is 1. The van der Waals surface area contributed by atoms with Gasteiger partial charge in [0.05, 0.1) is 4.47 Å². The quantitative estimate of drug-likeness (QED) is 0.567. The van der Waals surface area contributed by atoms with Crippen LogP contribution < -0.4 is 0 Å². The number of nitrogens with zero attached hydrogens (tertiary/aromatic N) is 5. The second kappa shape index (κ2) is 7.70. The smallest absolute Gasteiger partial charge is 0.276 e. The summed E-state index contributed by atoms with van der Waals surface area (Å²) >= 11 is 9.77. The van der Waals surface area contributed by atoms with Crippen molar-refractivity contribution < 1.29 is 4.79 Å². The number of carbonyl (C=O) groups is 1. The molecule has 1 aromatic carbocycles. The molecule has 3 aromatic rings. The van der Waals surface area contributed by atoms with Crippen molar-refractivity contribution in [1.82, 2.24) is 24.4 Å². The van der Waals surface area contributed by atoms with Crippen molar-refractivity contribution in [2.75, 3.05) is 19.6 Å². The first kappa shape index (κ1) is 19.0. The number of carbonyl (C=O) groups excluding carboxylic acids is 1. The zero-order chi connectivity index (χ0) is 20.0. The molecule has 0 atom stereocenters. The Morgan fingerprint density at radius 3 is 2.69 bits per heavy atom. The number of amides is 1. The van der Waals surface area contributed by atoms with E-state index in [9.17, 15) is 4.79 Å². The van der Waals surface area contributed by atoms with E-state index in [1.54, 1.807) is 16.9 Å². The van der Waals surface area contributed by atoms with Crippen LogP contribution in [0.25, 0.3) is 5.65 Å². The molecule has 5 rings (SSSR count).